The van der Waals surface area contributed by atoms with Gasteiger partial charge in [0.15, 0.2) is 0 Å². The molecule has 0 aliphatic heterocycles. The summed E-state index contributed by atoms with van der Waals surface area (Å²) in [6.07, 6.45) is 1.71. The Labute approximate surface area is 172 Å². The van der Waals surface area contributed by atoms with Crippen LogP contribution in [0.25, 0.3) is 34.0 Å². The van der Waals surface area contributed by atoms with Gasteiger partial charge >= 0.3 is 0 Å². The SMILES string of the molecule is Cc1ccc([N+](=O)[O-])c(C)c1-c1nc(-c2ccc(Cl)cc2)c(-c2ccccn2)[nH]1. The lowest BCUT2D eigenvalue weighted by Gasteiger charge is -2.07. The molecule has 6 nitrogen and oxygen atoms in total. The van der Waals surface area contributed by atoms with Crippen LogP contribution in [0.5, 0.6) is 0 Å². The Morgan fingerprint density at radius 1 is 1.03 bits per heavy atom. The number of imidazole rings is 1. The minimum absolute atomic E-state index is 0.0643. The van der Waals surface area contributed by atoms with Crippen molar-refractivity contribution in [1.82, 2.24) is 15.0 Å². The van der Waals surface area contributed by atoms with Crippen LogP contribution in [0, 0.1) is 24.0 Å². The van der Waals surface area contributed by atoms with E-state index < -0.39 is 0 Å². The molecule has 0 aliphatic carbocycles. The van der Waals surface area contributed by atoms with Crippen molar-refractivity contribution in [2.75, 3.05) is 0 Å². The van der Waals surface area contributed by atoms with Gasteiger partial charge in [0, 0.05) is 34.0 Å². The molecule has 0 spiro atoms. The Balaban J connectivity index is 1.97. The minimum atomic E-state index is -0.374. The van der Waals surface area contributed by atoms with Gasteiger partial charge in [0.25, 0.3) is 5.69 Å². The van der Waals surface area contributed by atoms with Crippen LogP contribution in [0.3, 0.4) is 0 Å². The second kappa shape index (κ2) is 7.48. The predicted molar refractivity (Wildman–Crippen MR) is 114 cm³/mol. The maximum atomic E-state index is 11.4. The zero-order valence-electron chi connectivity index (χ0n) is 15.8. The highest BCUT2D eigenvalue weighted by molar-refractivity contribution is 6.30. The lowest BCUT2D eigenvalue weighted by Crippen LogP contribution is -1.97. The highest BCUT2D eigenvalue weighted by Gasteiger charge is 2.22. The molecule has 7 heteroatoms. The number of halogens is 1. The summed E-state index contributed by atoms with van der Waals surface area (Å²) in [6.45, 7) is 3.66. The van der Waals surface area contributed by atoms with E-state index in [0.717, 1.165) is 28.1 Å². The van der Waals surface area contributed by atoms with E-state index in [0.29, 0.717) is 22.1 Å². The summed E-state index contributed by atoms with van der Waals surface area (Å²) >= 11 is 6.04. The van der Waals surface area contributed by atoms with E-state index in [1.54, 1.807) is 31.3 Å². The van der Waals surface area contributed by atoms with Gasteiger partial charge < -0.3 is 4.98 Å². The van der Waals surface area contributed by atoms with Crippen LogP contribution < -0.4 is 0 Å². The Kier molecular flexibility index (Phi) is 4.86. The fraction of sp³-hybridized carbons (Fsp3) is 0.0909. The van der Waals surface area contributed by atoms with Crippen molar-refractivity contribution in [3.63, 3.8) is 0 Å². The van der Waals surface area contributed by atoms with Gasteiger partial charge in [-0.1, -0.05) is 35.9 Å². The molecule has 0 bridgehead atoms. The van der Waals surface area contributed by atoms with E-state index in [1.165, 1.54) is 6.07 Å². The number of nitro benzene ring substituents is 1. The largest absolute Gasteiger partial charge is 0.336 e. The summed E-state index contributed by atoms with van der Waals surface area (Å²) in [5.41, 5.74) is 5.31. The van der Waals surface area contributed by atoms with Gasteiger partial charge in [-0.3, -0.25) is 15.1 Å². The van der Waals surface area contributed by atoms with Gasteiger partial charge in [-0.2, -0.15) is 0 Å². The number of hydrogen-bond acceptors (Lipinski definition) is 4. The number of benzene rings is 2. The number of hydrogen-bond donors (Lipinski definition) is 1. The smallest absolute Gasteiger partial charge is 0.273 e. The van der Waals surface area contributed by atoms with Crippen LogP contribution in [-0.4, -0.2) is 19.9 Å². The Morgan fingerprint density at radius 2 is 1.79 bits per heavy atom. The molecule has 0 unspecified atom stereocenters. The summed E-state index contributed by atoms with van der Waals surface area (Å²) in [4.78, 5) is 23.7. The maximum Gasteiger partial charge on any atom is 0.273 e. The third kappa shape index (κ3) is 3.50. The third-order valence-corrected chi connectivity index (χ3v) is 5.07. The van der Waals surface area contributed by atoms with Crippen LogP contribution in [0.2, 0.25) is 5.02 Å². The van der Waals surface area contributed by atoms with Crippen molar-refractivity contribution in [3.8, 4) is 34.0 Å². The zero-order chi connectivity index (χ0) is 20.5. The van der Waals surface area contributed by atoms with Crippen molar-refractivity contribution in [1.29, 1.82) is 0 Å². The summed E-state index contributed by atoms with van der Waals surface area (Å²) in [5.74, 6) is 0.564. The fourth-order valence-electron chi connectivity index (χ4n) is 3.40. The molecule has 0 amide bonds. The first kappa shape index (κ1) is 18.8. The van der Waals surface area contributed by atoms with Crippen molar-refractivity contribution >= 4 is 17.3 Å². The Hall–Kier alpha value is -3.51. The first-order valence-electron chi connectivity index (χ1n) is 8.98. The fourth-order valence-corrected chi connectivity index (χ4v) is 3.53. The minimum Gasteiger partial charge on any atom is -0.336 e. The highest BCUT2D eigenvalue weighted by atomic mass is 35.5. The number of nitro groups is 1. The van der Waals surface area contributed by atoms with E-state index in [9.17, 15) is 10.1 Å². The molecular formula is C22H17ClN4O2. The molecule has 2 aromatic heterocycles. The van der Waals surface area contributed by atoms with Gasteiger partial charge in [-0.15, -0.1) is 0 Å². The van der Waals surface area contributed by atoms with Gasteiger partial charge in [0.2, 0.25) is 0 Å². The number of pyridine rings is 1. The van der Waals surface area contributed by atoms with E-state index in [1.807, 2.05) is 37.3 Å². The number of aryl methyl sites for hydroxylation is 1. The Bertz CT molecular complexity index is 1200. The lowest BCUT2D eigenvalue weighted by atomic mass is 10.0. The van der Waals surface area contributed by atoms with Crippen molar-refractivity contribution < 1.29 is 4.92 Å². The third-order valence-electron chi connectivity index (χ3n) is 4.82. The molecule has 4 rings (SSSR count). The van der Waals surface area contributed by atoms with Crippen LogP contribution in [0.15, 0.2) is 60.8 Å². The molecule has 29 heavy (non-hydrogen) atoms. The second-order valence-corrected chi connectivity index (χ2v) is 7.13. The molecule has 4 aromatic rings. The zero-order valence-corrected chi connectivity index (χ0v) is 16.6. The maximum absolute atomic E-state index is 11.4. The van der Waals surface area contributed by atoms with Gasteiger partial charge in [-0.05, 0) is 43.7 Å². The molecule has 0 saturated carbocycles. The van der Waals surface area contributed by atoms with E-state index in [4.69, 9.17) is 16.6 Å². The number of H-pyrrole nitrogens is 1. The monoisotopic (exact) mass is 404 g/mol. The standard InChI is InChI=1S/C22H17ClN4O2/c1-13-6-11-18(27(28)29)14(2)19(13)22-25-20(15-7-9-16(23)10-8-15)21(26-22)17-5-3-4-12-24-17/h3-12H,1-2H3,(H,25,26). The highest BCUT2D eigenvalue weighted by Crippen LogP contribution is 2.36. The van der Waals surface area contributed by atoms with Crippen molar-refractivity contribution in [2.24, 2.45) is 0 Å². The van der Waals surface area contributed by atoms with Crippen molar-refractivity contribution in [3.05, 3.63) is 87.1 Å². The molecule has 0 radical (unpaired) electrons. The normalized spacial score (nSPS) is 10.9. The average molecular weight is 405 g/mol. The lowest BCUT2D eigenvalue weighted by molar-refractivity contribution is -0.385. The van der Waals surface area contributed by atoms with Crippen LogP contribution in [0.1, 0.15) is 11.1 Å². The summed E-state index contributed by atoms with van der Waals surface area (Å²) in [5, 5.41) is 12.0. The number of nitrogens with one attached hydrogen (secondary N) is 1. The molecule has 144 valence electrons. The molecule has 2 aromatic carbocycles. The Morgan fingerprint density at radius 3 is 2.45 bits per heavy atom. The van der Waals surface area contributed by atoms with Gasteiger partial charge in [-0.25, -0.2) is 4.98 Å². The number of rotatable bonds is 4. The molecule has 2 heterocycles. The first-order valence-corrected chi connectivity index (χ1v) is 9.36. The van der Waals surface area contributed by atoms with Crippen LogP contribution in [0.4, 0.5) is 5.69 Å². The molecule has 0 aliphatic rings. The van der Waals surface area contributed by atoms with Gasteiger partial charge in [0.1, 0.15) is 5.82 Å². The van der Waals surface area contributed by atoms with E-state index >= 15 is 0 Å². The summed E-state index contributed by atoms with van der Waals surface area (Å²) in [7, 11) is 0. The quantitative estimate of drug-likeness (QED) is 0.334. The van der Waals surface area contributed by atoms with E-state index in [-0.39, 0.29) is 10.6 Å². The van der Waals surface area contributed by atoms with Crippen molar-refractivity contribution in [2.45, 2.75) is 13.8 Å². The van der Waals surface area contributed by atoms with Crippen LogP contribution >= 0.6 is 11.6 Å². The molecular weight excluding hydrogens is 388 g/mol. The van der Waals surface area contributed by atoms with E-state index in [2.05, 4.69) is 9.97 Å². The average Bonchev–Trinajstić information content (AvgIpc) is 3.14. The first-order chi connectivity index (χ1) is 14.0. The molecule has 1 N–H and O–H groups in total. The molecule has 0 saturated heterocycles. The molecule has 0 fully saturated rings. The number of nitrogens with zero attached hydrogens (tertiary/aromatic N) is 3. The second-order valence-electron chi connectivity index (χ2n) is 6.69. The summed E-state index contributed by atoms with van der Waals surface area (Å²) < 4.78 is 0. The number of aromatic amines is 1. The van der Waals surface area contributed by atoms with Crippen LogP contribution in [-0.2, 0) is 0 Å². The number of aromatic nitrogens is 3. The molecule has 0 atom stereocenters. The summed E-state index contributed by atoms with van der Waals surface area (Å²) in [6, 6.07) is 16.3. The predicted octanol–water partition coefficient (Wildman–Crippen LogP) is 5.98. The van der Waals surface area contributed by atoms with Gasteiger partial charge in [0.05, 0.1) is 22.0 Å². The topological polar surface area (TPSA) is 84.7 Å².